The van der Waals surface area contributed by atoms with Crippen LogP contribution in [-0.2, 0) is 6.42 Å². The van der Waals surface area contributed by atoms with E-state index in [1.54, 1.807) is 36.5 Å². The summed E-state index contributed by atoms with van der Waals surface area (Å²) in [6.07, 6.45) is 1.84. The number of hydrogen-bond donors (Lipinski definition) is 2. The summed E-state index contributed by atoms with van der Waals surface area (Å²) in [6.45, 7) is 0. The van der Waals surface area contributed by atoms with Crippen molar-refractivity contribution in [3.8, 4) is 5.95 Å². The van der Waals surface area contributed by atoms with Gasteiger partial charge >= 0.3 is 0 Å². The lowest BCUT2D eigenvalue weighted by Gasteiger charge is -2.05. The summed E-state index contributed by atoms with van der Waals surface area (Å²) >= 11 is 0. The molecule has 134 valence electrons. The number of pyridine rings is 1. The highest BCUT2D eigenvalue weighted by molar-refractivity contribution is 5.79. The molecular weight excluding hydrogens is 351 g/mol. The Morgan fingerprint density at radius 1 is 1.07 bits per heavy atom. The van der Waals surface area contributed by atoms with Crippen LogP contribution in [0.15, 0.2) is 47.8 Å². The molecule has 4 aromatic rings. The first kappa shape index (κ1) is 16.5. The van der Waals surface area contributed by atoms with Gasteiger partial charge in [-0.1, -0.05) is 18.2 Å². The third-order valence-corrected chi connectivity index (χ3v) is 4.03. The fraction of sp³-hybridized carbons (Fsp3) is 0.0588. The van der Waals surface area contributed by atoms with Crippen molar-refractivity contribution >= 4 is 28.4 Å². The normalized spacial score (nSPS) is 11.0. The van der Waals surface area contributed by atoms with Crippen molar-refractivity contribution in [2.24, 2.45) is 5.18 Å². The second-order valence-electron chi connectivity index (χ2n) is 5.73. The van der Waals surface area contributed by atoms with Crippen molar-refractivity contribution < 1.29 is 4.39 Å². The zero-order valence-electron chi connectivity index (χ0n) is 13.9. The second-order valence-corrected chi connectivity index (χ2v) is 5.73. The molecule has 10 heteroatoms. The summed E-state index contributed by atoms with van der Waals surface area (Å²) < 4.78 is 15.4. The molecule has 0 radical (unpaired) electrons. The molecule has 1 aromatic carbocycles. The molecule has 0 saturated carbocycles. The van der Waals surface area contributed by atoms with E-state index in [1.165, 1.54) is 10.7 Å². The smallest absolute Gasteiger partial charge is 0.255 e. The highest BCUT2D eigenvalue weighted by Crippen LogP contribution is 2.28. The van der Waals surface area contributed by atoms with Gasteiger partial charge in [0.1, 0.15) is 11.3 Å². The quantitative estimate of drug-likeness (QED) is 0.530. The van der Waals surface area contributed by atoms with E-state index in [0.717, 1.165) is 0 Å². The van der Waals surface area contributed by atoms with Gasteiger partial charge in [-0.3, -0.25) is 4.98 Å². The number of aromatic nitrogens is 5. The standard InChI is InChI=1S/C17H13FN8O/c18-10-5-2-1-4-9(10)8-11-13-12(6-3-7-21-13)26(24-11)17-22-15(19)14(25-27)16(20)23-17/h1-7H,8H2,(H4,19,20,22,23). The van der Waals surface area contributed by atoms with Crippen molar-refractivity contribution in [2.45, 2.75) is 6.42 Å². The Balaban J connectivity index is 1.88. The first-order valence-corrected chi connectivity index (χ1v) is 7.91. The molecule has 0 spiro atoms. The number of nitrogens with two attached hydrogens (primary N) is 2. The number of nitrogens with zero attached hydrogens (tertiary/aromatic N) is 6. The molecule has 27 heavy (non-hydrogen) atoms. The maximum atomic E-state index is 14.0. The van der Waals surface area contributed by atoms with Crippen LogP contribution in [0.3, 0.4) is 0 Å². The van der Waals surface area contributed by atoms with Crippen LogP contribution < -0.4 is 11.5 Å². The van der Waals surface area contributed by atoms with Crippen LogP contribution in [-0.4, -0.2) is 24.7 Å². The minimum atomic E-state index is -0.331. The molecule has 0 atom stereocenters. The molecule has 4 N–H and O–H groups in total. The number of rotatable bonds is 4. The lowest BCUT2D eigenvalue weighted by Crippen LogP contribution is -2.08. The zero-order valence-corrected chi connectivity index (χ0v) is 13.9. The van der Waals surface area contributed by atoms with E-state index < -0.39 is 0 Å². The Kier molecular flexibility index (Phi) is 3.92. The van der Waals surface area contributed by atoms with Gasteiger partial charge in [0.25, 0.3) is 5.95 Å². The van der Waals surface area contributed by atoms with Crippen molar-refractivity contribution in [1.29, 1.82) is 0 Å². The van der Waals surface area contributed by atoms with Gasteiger partial charge < -0.3 is 11.5 Å². The number of hydrogen-bond acceptors (Lipinski definition) is 8. The molecule has 3 heterocycles. The minimum Gasteiger partial charge on any atom is -0.382 e. The number of halogens is 1. The van der Waals surface area contributed by atoms with Gasteiger partial charge in [0.2, 0.25) is 0 Å². The molecular formula is C17H13FN8O. The molecule has 0 bridgehead atoms. The average Bonchev–Trinajstić information content (AvgIpc) is 3.02. The van der Waals surface area contributed by atoms with Gasteiger partial charge in [0.05, 0.1) is 11.2 Å². The molecule has 0 aliphatic heterocycles. The maximum Gasteiger partial charge on any atom is 0.255 e. The van der Waals surface area contributed by atoms with E-state index in [-0.39, 0.29) is 35.5 Å². The summed E-state index contributed by atoms with van der Waals surface area (Å²) in [5, 5.41) is 7.21. The van der Waals surface area contributed by atoms with Gasteiger partial charge in [0.15, 0.2) is 17.3 Å². The number of benzene rings is 1. The molecule has 4 rings (SSSR count). The van der Waals surface area contributed by atoms with Crippen LogP contribution in [0, 0.1) is 10.7 Å². The van der Waals surface area contributed by atoms with E-state index >= 15 is 0 Å². The van der Waals surface area contributed by atoms with E-state index in [9.17, 15) is 9.30 Å². The van der Waals surface area contributed by atoms with Crippen molar-refractivity contribution in [3.05, 3.63) is 64.6 Å². The van der Waals surface area contributed by atoms with Crippen LogP contribution in [0.4, 0.5) is 21.7 Å². The molecule has 0 fully saturated rings. The van der Waals surface area contributed by atoms with Crippen LogP contribution in [0.25, 0.3) is 17.0 Å². The third-order valence-electron chi connectivity index (χ3n) is 4.03. The molecule has 3 aromatic heterocycles. The predicted molar refractivity (Wildman–Crippen MR) is 97.9 cm³/mol. The fourth-order valence-corrected chi connectivity index (χ4v) is 2.77. The molecule has 9 nitrogen and oxygen atoms in total. The number of fused-ring (bicyclic) bond motifs is 1. The Morgan fingerprint density at radius 3 is 2.52 bits per heavy atom. The van der Waals surface area contributed by atoms with Gasteiger partial charge in [-0.2, -0.15) is 19.7 Å². The average molecular weight is 364 g/mol. The lowest BCUT2D eigenvalue weighted by molar-refractivity contribution is 0.613. The SMILES string of the molecule is Nc1nc(-n2nc(Cc3ccccc3F)c3ncccc32)nc(N)c1N=O. The van der Waals surface area contributed by atoms with Crippen molar-refractivity contribution in [1.82, 2.24) is 24.7 Å². The van der Waals surface area contributed by atoms with Gasteiger partial charge in [-0.15, -0.1) is 4.91 Å². The summed E-state index contributed by atoms with van der Waals surface area (Å²) in [5.74, 6) is -0.580. The summed E-state index contributed by atoms with van der Waals surface area (Å²) in [7, 11) is 0. The van der Waals surface area contributed by atoms with E-state index in [2.05, 4.69) is 25.2 Å². The molecule has 0 aliphatic rings. The first-order chi connectivity index (χ1) is 13.1. The lowest BCUT2D eigenvalue weighted by atomic mass is 10.1. The zero-order chi connectivity index (χ0) is 19.0. The summed E-state index contributed by atoms with van der Waals surface area (Å²) in [5.41, 5.74) is 13.4. The maximum absolute atomic E-state index is 14.0. The Morgan fingerprint density at radius 2 is 1.81 bits per heavy atom. The number of nitroso groups, excluding NO2 is 1. The Bertz CT molecular complexity index is 1150. The van der Waals surface area contributed by atoms with Gasteiger partial charge in [0, 0.05) is 12.6 Å². The topological polar surface area (TPSA) is 138 Å². The van der Waals surface area contributed by atoms with Crippen molar-refractivity contribution in [3.63, 3.8) is 0 Å². The van der Waals surface area contributed by atoms with Gasteiger partial charge in [-0.05, 0) is 28.9 Å². The summed E-state index contributed by atoms with van der Waals surface area (Å²) in [6, 6.07) is 9.93. The number of nitrogen functional groups attached to an aromatic ring is 2. The minimum absolute atomic E-state index is 0.0650. The van der Waals surface area contributed by atoms with E-state index in [0.29, 0.717) is 22.3 Å². The molecule has 0 amide bonds. The van der Waals surface area contributed by atoms with E-state index in [1.807, 2.05) is 0 Å². The van der Waals surface area contributed by atoms with Crippen molar-refractivity contribution in [2.75, 3.05) is 11.5 Å². The van der Waals surface area contributed by atoms with Crippen LogP contribution >= 0.6 is 0 Å². The highest BCUT2D eigenvalue weighted by atomic mass is 19.1. The monoisotopic (exact) mass is 364 g/mol. The van der Waals surface area contributed by atoms with Gasteiger partial charge in [-0.25, -0.2) is 4.39 Å². The Labute approximate surface area is 151 Å². The largest absolute Gasteiger partial charge is 0.382 e. The van der Waals surface area contributed by atoms with E-state index in [4.69, 9.17) is 11.5 Å². The highest BCUT2D eigenvalue weighted by Gasteiger charge is 2.18. The fourth-order valence-electron chi connectivity index (χ4n) is 2.77. The molecule has 0 saturated heterocycles. The predicted octanol–water partition coefficient (Wildman–Crippen LogP) is 2.50. The Hall–Kier alpha value is -3.95. The molecule has 0 aliphatic carbocycles. The van der Waals surface area contributed by atoms with Crippen LogP contribution in [0.2, 0.25) is 0 Å². The number of anilines is 2. The second kappa shape index (κ2) is 6.41. The van der Waals surface area contributed by atoms with Crippen LogP contribution in [0.1, 0.15) is 11.3 Å². The molecule has 0 unspecified atom stereocenters. The third kappa shape index (κ3) is 2.82. The van der Waals surface area contributed by atoms with Crippen LogP contribution in [0.5, 0.6) is 0 Å². The summed E-state index contributed by atoms with van der Waals surface area (Å²) in [4.78, 5) is 23.2. The first-order valence-electron chi connectivity index (χ1n) is 7.91.